The van der Waals surface area contributed by atoms with E-state index in [9.17, 15) is 4.79 Å². The van der Waals surface area contributed by atoms with Crippen molar-refractivity contribution in [2.45, 2.75) is 59.2 Å². The minimum Gasteiger partial charge on any atom is -0.399 e. The third-order valence-electron chi connectivity index (χ3n) is 4.31. The number of aromatic nitrogens is 1. The van der Waals surface area contributed by atoms with Crippen LogP contribution in [0.1, 0.15) is 45.7 Å². The van der Waals surface area contributed by atoms with Crippen molar-refractivity contribution < 1.29 is 14.1 Å². The molecule has 0 aromatic carbocycles. The highest BCUT2D eigenvalue weighted by molar-refractivity contribution is 6.62. The van der Waals surface area contributed by atoms with Crippen molar-refractivity contribution in [1.82, 2.24) is 4.98 Å². The van der Waals surface area contributed by atoms with Crippen molar-refractivity contribution in [3.63, 3.8) is 0 Å². The lowest BCUT2D eigenvalue weighted by Crippen LogP contribution is -2.41. The van der Waals surface area contributed by atoms with Crippen LogP contribution in [0.25, 0.3) is 0 Å². The average Bonchev–Trinajstić information content (AvgIpc) is 2.50. The number of rotatable bonds is 3. The fraction of sp³-hybridized carbons (Fsp3) is 0.600. The van der Waals surface area contributed by atoms with Gasteiger partial charge in [0.15, 0.2) is 0 Å². The highest BCUT2D eigenvalue weighted by Gasteiger charge is 2.52. The number of hydrogen-bond acceptors (Lipinski definition) is 4. The molecule has 20 heavy (non-hydrogen) atoms. The second-order valence-electron chi connectivity index (χ2n) is 6.48. The summed E-state index contributed by atoms with van der Waals surface area (Å²) in [6.45, 7) is 11.7. The maximum atomic E-state index is 11.3. The number of pyridine rings is 1. The van der Waals surface area contributed by atoms with Crippen molar-refractivity contribution in [3.8, 4) is 0 Å². The summed E-state index contributed by atoms with van der Waals surface area (Å²) in [6.07, 6.45) is 3.90. The zero-order chi connectivity index (χ0) is 15.1. The first-order valence-electron chi connectivity index (χ1n) is 6.92. The molecule has 5 heteroatoms. The molecule has 1 fully saturated rings. The monoisotopic (exact) mass is 275 g/mol. The van der Waals surface area contributed by atoms with Gasteiger partial charge in [0, 0.05) is 24.3 Å². The van der Waals surface area contributed by atoms with E-state index in [-0.39, 0.29) is 17.0 Å². The fourth-order valence-electron chi connectivity index (χ4n) is 2.24. The van der Waals surface area contributed by atoms with Gasteiger partial charge in [-0.05, 0) is 52.7 Å². The summed E-state index contributed by atoms with van der Waals surface area (Å²) in [6, 6.07) is 0. The molecule has 2 heterocycles. The highest BCUT2D eigenvalue weighted by Crippen LogP contribution is 2.36. The van der Waals surface area contributed by atoms with Gasteiger partial charge in [-0.1, -0.05) is 0 Å². The number of carbonyl (C=O) groups is 1. The van der Waals surface area contributed by atoms with Crippen LogP contribution in [0.15, 0.2) is 12.4 Å². The Morgan fingerprint density at radius 1 is 1.20 bits per heavy atom. The summed E-state index contributed by atoms with van der Waals surface area (Å²) >= 11 is 0. The molecule has 1 aromatic rings. The van der Waals surface area contributed by atoms with Gasteiger partial charge in [-0.2, -0.15) is 0 Å². The summed E-state index contributed by atoms with van der Waals surface area (Å²) in [4.78, 5) is 15.5. The number of Topliss-reactive ketones (excluding diaryl/α,β-unsaturated/α-hetero) is 1. The lowest BCUT2D eigenvalue weighted by Gasteiger charge is -2.32. The van der Waals surface area contributed by atoms with E-state index in [0.717, 1.165) is 16.6 Å². The smallest absolute Gasteiger partial charge is 0.399 e. The van der Waals surface area contributed by atoms with Gasteiger partial charge in [0.2, 0.25) is 0 Å². The molecule has 0 saturated carbocycles. The lowest BCUT2D eigenvalue weighted by atomic mass is 9.76. The summed E-state index contributed by atoms with van der Waals surface area (Å²) in [5, 5.41) is 0. The first-order valence-corrected chi connectivity index (χ1v) is 6.92. The molecule has 1 aliphatic rings. The normalized spacial score (nSPS) is 20.2. The fourth-order valence-corrected chi connectivity index (χ4v) is 2.24. The molecule has 0 amide bonds. The van der Waals surface area contributed by atoms with Crippen LogP contribution in [-0.2, 0) is 20.5 Å². The predicted octanol–water partition coefficient (Wildman–Crippen LogP) is 1.82. The topological polar surface area (TPSA) is 48.4 Å². The Bertz CT molecular complexity index is 524. The van der Waals surface area contributed by atoms with E-state index in [1.54, 1.807) is 19.3 Å². The molecule has 1 aromatic heterocycles. The summed E-state index contributed by atoms with van der Waals surface area (Å²) in [5.74, 6) is 0.126. The van der Waals surface area contributed by atoms with Gasteiger partial charge in [0.25, 0.3) is 0 Å². The largest absolute Gasteiger partial charge is 0.496 e. The highest BCUT2D eigenvalue weighted by atomic mass is 16.7. The second kappa shape index (κ2) is 4.97. The Labute approximate surface area is 121 Å². The molecular weight excluding hydrogens is 253 g/mol. The quantitative estimate of drug-likeness (QED) is 0.789. The first-order chi connectivity index (χ1) is 9.14. The van der Waals surface area contributed by atoms with Crippen LogP contribution >= 0.6 is 0 Å². The zero-order valence-corrected chi connectivity index (χ0v) is 13.1. The Morgan fingerprint density at radius 2 is 1.75 bits per heavy atom. The summed E-state index contributed by atoms with van der Waals surface area (Å²) in [5.41, 5.74) is 2.11. The molecule has 0 spiro atoms. The van der Waals surface area contributed by atoms with Gasteiger partial charge in [0.05, 0.1) is 11.2 Å². The third kappa shape index (κ3) is 2.65. The zero-order valence-electron chi connectivity index (χ0n) is 13.1. The van der Waals surface area contributed by atoms with Crippen LogP contribution in [0.5, 0.6) is 0 Å². The Morgan fingerprint density at radius 3 is 2.25 bits per heavy atom. The number of ketones is 1. The maximum absolute atomic E-state index is 11.3. The number of nitrogens with zero attached hydrogens (tertiary/aromatic N) is 1. The van der Waals surface area contributed by atoms with Gasteiger partial charge in [-0.15, -0.1) is 0 Å². The van der Waals surface area contributed by atoms with E-state index in [1.165, 1.54) is 0 Å². The minimum absolute atomic E-state index is 0.126. The standard InChI is InChI=1S/C15H22BNO3/c1-10(18)7-12-8-17-9-13(11(12)2)16-19-14(3,4)15(5,6)20-16/h8-9H,7H2,1-6H3. The summed E-state index contributed by atoms with van der Waals surface area (Å²) in [7, 11) is -0.431. The Kier molecular flexibility index (Phi) is 3.78. The van der Waals surface area contributed by atoms with Crippen molar-refractivity contribution in [3.05, 3.63) is 23.5 Å². The SMILES string of the molecule is CC(=O)Cc1cncc(B2OC(C)(C)C(C)(C)O2)c1C. The molecule has 1 aliphatic heterocycles. The van der Waals surface area contributed by atoms with Crippen LogP contribution in [0, 0.1) is 6.92 Å². The van der Waals surface area contributed by atoms with Crippen LogP contribution in [0.4, 0.5) is 0 Å². The van der Waals surface area contributed by atoms with Crippen molar-refractivity contribution in [2.75, 3.05) is 0 Å². The number of carbonyl (C=O) groups excluding carboxylic acids is 1. The van der Waals surface area contributed by atoms with Gasteiger partial charge in [-0.25, -0.2) is 0 Å². The van der Waals surface area contributed by atoms with Crippen LogP contribution in [0.3, 0.4) is 0 Å². The van der Waals surface area contributed by atoms with Crippen molar-refractivity contribution >= 4 is 18.4 Å². The maximum Gasteiger partial charge on any atom is 0.496 e. The second-order valence-corrected chi connectivity index (χ2v) is 6.48. The molecule has 0 radical (unpaired) electrons. The van der Waals surface area contributed by atoms with Crippen molar-refractivity contribution in [1.29, 1.82) is 0 Å². The average molecular weight is 275 g/mol. The predicted molar refractivity (Wildman–Crippen MR) is 79.1 cm³/mol. The Balaban J connectivity index is 2.34. The molecule has 1 saturated heterocycles. The number of hydrogen-bond donors (Lipinski definition) is 0. The molecule has 0 aliphatic carbocycles. The molecule has 0 bridgehead atoms. The molecule has 0 atom stereocenters. The van der Waals surface area contributed by atoms with E-state index < -0.39 is 7.12 Å². The van der Waals surface area contributed by atoms with Crippen LogP contribution in [0.2, 0.25) is 0 Å². The molecule has 108 valence electrons. The van der Waals surface area contributed by atoms with Gasteiger partial charge >= 0.3 is 7.12 Å². The molecule has 0 N–H and O–H groups in total. The van der Waals surface area contributed by atoms with Gasteiger partial charge in [-0.3, -0.25) is 9.78 Å². The van der Waals surface area contributed by atoms with E-state index in [1.807, 2.05) is 34.6 Å². The summed E-state index contributed by atoms with van der Waals surface area (Å²) < 4.78 is 12.1. The van der Waals surface area contributed by atoms with E-state index >= 15 is 0 Å². The third-order valence-corrected chi connectivity index (χ3v) is 4.31. The van der Waals surface area contributed by atoms with Crippen molar-refractivity contribution in [2.24, 2.45) is 0 Å². The molecular formula is C15H22BNO3. The Hall–Kier alpha value is -1.20. The van der Waals surface area contributed by atoms with Crippen LogP contribution < -0.4 is 5.46 Å². The first kappa shape index (κ1) is 15.2. The molecule has 4 nitrogen and oxygen atoms in total. The lowest BCUT2D eigenvalue weighted by molar-refractivity contribution is -0.116. The molecule has 0 unspecified atom stereocenters. The minimum atomic E-state index is -0.431. The molecule has 2 rings (SSSR count). The van der Waals surface area contributed by atoms with Gasteiger partial charge < -0.3 is 9.31 Å². The van der Waals surface area contributed by atoms with E-state index in [4.69, 9.17) is 9.31 Å². The van der Waals surface area contributed by atoms with E-state index in [0.29, 0.717) is 6.42 Å². The van der Waals surface area contributed by atoms with Crippen LogP contribution in [-0.4, -0.2) is 29.1 Å². The van der Waals surface area contributed by atoms with E-state index in [2.05, 4.69) is 4.98 Å². The van der Waals surface area contributed by atoms with Gasteiger partial charge in [0.1, 0.15) is 5.78 Å².